The quantitative estimate of drug-likeness (QED) is 0.861. The van der Waals surface area contributed by atoms with Gasteiger partial charge >= 0.3 is 0 Å². The van der Waals surface area contributed by atoms with Gasteiger partial charge in [0.2, 0.25) is 5.88 Å². The van der Waals surface area contributed by atoms with E-state index in [1.807, 2.05) is 13.0 Å². The first-order valence-corrected chi connectivity index (χ1v) is 5.71. The molecule has 2 rings (SSSR count). The number of hydrogen-bond acceptors (Lipinski definition) is 6. The van der Waals surface area contributed by atoms with Crippen molar-refractivity contribution in [1.82, 2.24) is 9.97 Å². The van der Waals surface area contributed by atoms with Crippen LogP contribution in [0.5, 0.6) is 5.88 Å². The van der Waals surface area contributed by atoms with Gasteiger partial charge in [-0.05, 0) is 25.1 Å². The molecule has 0 radical (unpaired) electrons. The summed E-state index contributed by atoms with van der Waals surface area (Å²) in [5, 5.41) is 9.04. The molecular weight excluding hydrogens is 242 g/mol. The zero-order valence-electron chi connectivity index (χ0n) is 10.4. The highest BCUT2D eigenvalue weighted by Gasteiger charge is 2.12. The summed E-state index contributed by atoms with van der Waals surface area (Å²) in [6.45, 7) is 2.22. The van der Waals surface area contributed by atoms with Gasteiger partial charge < -0.3 is 16.2 Å². The van der Waals surface area contributed by atoms with E-state index in [2.05, 4.69) is 9.97 Å². The van der Waals surface area contributed by atoms with Gasteiger partial charge in [0, 0.05) is 11.8 Å². The smallest absolute Gasteiger partial charge is 0.234 e. The van der Waals surface area contributed by atoms with Crippen LogP contribution < -0.4 is 16.2 Å². The topological polar surface area (TPSA) is 111 Å². The van der Waals surface area contributed by atoms with E-state index >= 15 is 0 Å². The van der Waals surface area contributed by atoms with Gasteiger partial charge in [0.15, 0.2) is 0 Å². The van der Waals surface area contributed by atoms with Crippen molar-refractivity contribution in [3.05, 3.63) is 30.0 Å². The summed E-state index contributed by atoms with van der Waals surface area (Å²) in [6, 6.07) is 7.06. The van der Waals surface area contributed by atoms with Crippen LogP contribution in [-0.2, 0) is 0 Å². The molecule has 6 heteroatoms. The van der Waals surface area contributed by atoms with Gasteiger partial charge in [0.1, 0.15) is 17.5 Å². The number of rotatable bonds is 3. The molecule has 0 amide bonds. The Bertz CT molecular complexity index is 631. The number of anilines is 2. The summed E-state index contributed by atoms with van der Waals surface area (Å²) in [6.07, 6.45) is 1.60. The Kier molecular flexibility index (Phi) is 3.48. The molecule has 4 N–H and O–H groups in total. The molecular formula is C13H13N5O. The van der Waals surface area contributed by atoms with Crippen molar-refractivity contribution in [2.24, 2.45) is 0 Å². The van der Waals surface area contributed by atoms with Crippen LogP contribution in [0.3, 0.4) is 0 Å². The van der Waals surface area contributed by atoms with Crippen molar-refractivity contribution in [2.75, 3.05) is 18.1 Å². The maximum Gasteiger partial charge on any atom is 0.234 e. The Balaban J connectivity index is 2.53. The van der Waals surface area contributed by atoms with Crippen molar-refractivity contribution < 1.29 is 4.74 Å². The van der Waals surface area contributed by atoms with Gasteiger partial charge in [-0.2, -0.15) is 5.26 Å². The Hall–Kier alpha value is -2.81. The maximum atomic E-state index is 9.04. The number of hydrogen-bond donors (Lipinski definition) is 2. The van der Waals surface area contributed by atoms with Gasteiger partial charge in [-0.1, -0.05) is 0 Å². The average molecular weight is 255 g/mol. The number of aromatic nitrogens is 2. The highest BCUT2D eigenvalue weighted by molar-refractivity contribution is 5.69. The molecule has 2 heterocycles. The van der Waals surface area contributed by atoms with Crippen molar-refractivity contribution in [3.63, 3.8) is 0 Å². The Morgan fingerprint density at radius 2 is 2.16 bits per heavy atom. The first kappa shape index (κ1) is 12.6. The molecule has 19 heavy (non-hydrogen) atoms. The minimum absolute atomic E-state index is 0.233. The molecule has 0 aliphatic heterocycles. The number of nitrogens with zero attached hydrogens (tertiary/aromatic N) is 3. The van der Waals surface area contributed by atoms with Gasteiger partial charge in [-0.15, -0.1) is 0 Å². The third-order valence-corrected chi connectivity index (χ3v) is 2.49. The van der Waals surface area contributed by atoms with E-state index in [0.717, 1.165) is 5.56 Å². The third-order valence-electron chi connectivity index (χ3n) is 2.49. The van der Waals surface area contributed by atoms with Crippen LogP contribution in [0.15, 0.2) is 24.4 Å². The van der Waals surface area contributed by atoms with Crippen molar-refractivity contribution in [3.8, 4) is 23.2 Å². The molecule has 0 aromatic carbocycles. The van der Waals surface area contributed by atoms with Crippen LogP contribution in [-0.4, -0.2) is 16.6 Å². The van der Waals surface area contributed by atoms with Crippen LogP contribution in [0.2, 0.25) is 0 Å². The fraction of sp³-hybridized carbons (Fsp3) is 0.154. The van der Waals surface area contributed by atoms with Gasteiger partial charge in [-0.25, -0.2) is 9.97 Å². The van der Waals surface area contributed by atoms with Crippen LogP contribution in [0.25, 0.3) is 11.3 Å². The minimum Gasteiger partial charge on any atom is -0.477 e. The third kappa shape index (κ3) is 2.55. The molecule has 2 aromatic heterocycles. The van der Waals surface area contributed by atoms with E-state index < -0.39 is 0 Å². The second-order valence-electron chi connectivity index (χ2n) is 3.79. The van der Waals surface area contributed by atoms with Crippen LogP contribution in [0.4, 0.5) is 11.5 Å². The number of pyridine rings is 2. The number of nitrogens with two attached hydrogens (primary N) is 2. The van der Waals surface area contributed by atoms with E-state index in [4.69, 9.17) is 21.5 Å². The lowest BCUT2D eigenvalue weighted by molar-refractivity contribution is 0.326. The Labute approximate surface area is 110 Å². The zero-order valence-corrected chi connectivity index (χ0v) is 10.4. The normalized spacial score (nSPS) is 9.89. The minimum atomic E-state index is 0.233. The van der Waals surface area contributed by atoms with E-state index in [9.17, 15) is 0 Å². The first-order chi connectivity index (χ1) is 9.15. The second-order valence-corrected chi connectivity index (χ2v) is 3.79. The lowest BCUT2D eigenvalue weighted by Crippen LogP contribution is -2.02. The van der Waals surface area contributed by atoms with Gasteiger partial charge in [-0.3, -0.25) is 0 Å². The first-order valence-electron chi connectivity index (χ1n) is 5.71. The summed E-state index contributed by atoms with van der Waals surface area (Å²) < 4.78 is 5.34. The maximum absolute atomic E-state index is 9.04. The number of nitrogen functional groups attached to an aromatic ring is 2. The monoisotopic (exact) mass is 255 g/mol. The van der Waals surface area contributed by atoms with Crippen LogP contribution in [0.1, 0.15) is 12.5 Å². The largest absolute Gasteiger partial charge is 0.477 e. The van der Waals surface area contributed by atoms with Crippen LogP contribution >= 0.6 is 0 Å². The summed E-state index contributed by atoms with van der Waals surface area (Å²) in [7, 11) is 0. The van der Waals surface area contributed by atoms with Crippen molar-refractivity contribution in [1.29, 1.82) is 5.26 Å². The lowest BCUT2D eigenvalue weighted by Gasteiger charge is -2.09. The van der Waals surface area contributed by atoms with E-state index in [1.165, 1.54) is 0 Å². The summed E-state index contributed by atoms with van der Waals surface area (Å²) in [5.41, 5.74) is 13.3. The molecule has 0 aliphatic carbocycles. The summed E-state index contributed by atoms with van der Waals surface area (Å²) in [4.78, 5) is 8.28. The SMILES string of the molecule is CCOc1nc(-c2ccc(N)nc2)cc(N)c1C#N. The van der Waals surface area contributed by atoms with Gasteiger partial charge in [0.25, 0.3) is 0 Å². The van der Waals surface area contributed by atoms with Crippen LogP contribution in [0, 0.1) is 11.3 Å². The van der Waals surface area contributed by atoms with Crippen molar-refractivity contribution in [2.45, 2.75) is 6.92 Å². The molecule has 0 saturated heterocycles. The molecule has 0 aliphatic rings. The highest BCUT2D eigenvalue weighted by atomic mass is 16.5. The standard InChI is InChI=1S/C13H13N5O/c1-2-19-13-9(6-14)10(15)5-11(18-13)8-3-4-12(16)17-7-8/h3-5,7H,2H2,1H3,(H2,15,18)(H2,16,17). The summed E-state index contributed by atoms with van der Waals surface area (Å²) >= 11 is 0. The molecule has 0 spiro atoms. The predicted molar refractivity (Wildman–Crippen MR) is 72.2 cm³/mol. The fourth-order valence-corrected chi connectivity index (χ4v) is 1.60. The summed E-state index contributed by atoms with van der Waals surface area (Å²) in [5.74, 6) is 0.659. The molecule has 0 unspecified atom stereocenters. The highest BCUT2D eigenvalue weighted by Crippen LogP contribution is 2.28. The molecule has 6 nitrogen and oxygen atoms in total. The molecule has 0 fully saturated rings. The molecule has 96 valence electrons. The lowest BCUT2D eigenvalue weighted by atomic mass is 10.1. The van der Waals surface area contributed by atoms with E-state index in [1.54, 1.807) is 24.4 Å². The molecule has 2 aromatic rings. The van der Waals surface area contributed by atoms with E-state index in [0.29, 0.717) is 23.8 Å². The zero-order chi connectivity index (χ0) is 13.8. The van der Waals surface area contributed by atoms with Crippen molar-refractivity contribution >= 4 is 11.5 Å². The van der Waals surface area contributed by atoms with E-state index in [-0.39, 0.29) is 11.4 Å². The number of ether oxygens (including phenoxy) is 1. The Morgan fingerprint density at radius 3 is 2.74 bits per heavy atom. The fourth-order valence-electron chi connectivity index (χ4n) is 1.60. The molecule has 0 saturated carbocycles. The predicted octanol–water partition coefficient (Wildman–Crippen LogP) is 1.58. The number of nitriles is 1. The second kappa shape index (κ2) is 5.23. The molecule has 0 bridgehead atoms. The average Bonchev–Trinajstić information content (AvgIpc) is 2.39. The Morgan fingerprint density at radius 1 is 1.37 bits per heavy atom. The van der Waals surface area contributed by atoms with Gasteiger partial charge in [0.05, 0.1) is 18.0 Å². The molecule has 0 atom stereocenters.